The van der Waals surface area contributed by atoms with E-state index in [0.717, 1.165) is 55.0 Å². The van der Waals surface area contributed by atoms with Crippen LogP contribution in [0, 0.1) is 11.1 Å². The van der Waals surface area contributed by atoms with E-state index in [9.17, 15) is 10.0 Å². The van der Waals surface area contributed by atoms with E-state index in [-0.39, 0.29) is 0 Å². The number of ether oxygens (including phenoxy) is 1. The maximum absolute atomic E-state index is 11.7. The maximum Gasteiger partial charge on any atom is 0.341 e. The van der Waals surface area contributed by atoms with Crippen molar-refractivity contribution in [1.29, 1.82) is 0 Å². The third-order valence-electron chi connectivity index (χ3n) is 6.12. The van der Waals surface area contributed by atoms with Gasteiger partial charge in [0.05, 0.1) is 12.7 Å². The topological polar surface area (TPSA) is 98.6 Å². The number of carbonyl (C=O) groups is 1. The third kappa shape index (κ3) is 4.68. The van der Waals surface area contributed by atoms with Gasteiger partial charge in [0.1, 0.15) is 0 Å². The first-order chi connectivity index (χ1) is 15.5. The van der Waals surface area contributed by atoms with Crippen molar-refractivity contribution in [3.63, 3.8) is 0 Å². The fraction of sp³-hybridized carbons (Fsp3) is 0.435. The molecule has 0 amide bonds. The van der Waals surface area contributed by atoms with E-state index in [1.54, 1.807) is 0 Å². The Labute approximate surface area is 187 Å². The highest BCUT2D eigenvalue weighted by atomic mass is 16.5. The number of fused-ring (bicyclic) bond motifs is 1. The molecule has 1 fully saturated rings. The van der Waals surface area contributed by atoms with Crippen molar-refractivity contribution in [3.8, 4) is 0 Å². The van der Waals surface area contributed by atoms with Crippen molar-refractivity contribution < 1.29 is 9.53 Å². The highest BCUT2D eigenvalue weighted by molar-refractivity contribution is 5.88. The summed E-state index contributed by atoms with van der Waals surface area (Å²) in [6, 6.07) is 5.81. The van der Waals surface area contributed by atoms with Crippen LogP contribution in [0.4, 0.5) is 11.6 Å². The summed E-state index contributed by atoms with van der Waals surface area (Å²) < 4.78 is 6.79. The van der Waals surface area contributed by atoms with Gasteiger partial charge in [-0.25, -0.2) is 14.8 Å². The molecule has 0 aliphatic carbocycles. The molecule has 0 spiro atoms. The summed E-state index contributed by atoms with van der Waals surface area (Å²) in [4.78, 5) is 22.3. The molecule has 0 atom stereocenters. The number of methoxy groups -OCH3 is 1. The average molecular weight is 438 g/mol. The molecular formula is C23H29N6O3-. The number of hydrogen-bond acceptors (Lipinski definition) is 8. The number of nitrogens with one attached hydrogen (secondary N) is 1. The van der Waals surface area contributed by atoms with Crippen molar-refractivity contribution >= 4 is 28.5 Å². The van der Waals surface area contributed by atoms with Gasteiger partial charge in [0, 0.05) is 61.9 Å². The SMILES string of the molecule is COC(=O)c1cnc(N2CCC(CNCc3cn(C)c4ccc(N(C)[O-])cc34)CC2)nc1. The summed E-state index contributed by atoms with van der Waals surface area (Å²) in [7, 11) is 4.90. The molecule has 0 saturated carbocycles. The van der Waals surface area contributed by atoms with E-state index in [4.69, 9.17) is 0 Å². The Morgan fingerprint density at radius 2 is 2.00 bits per heavy atom. The molecule has 1 N–H and O–H groups in total. The maximum atomic E-state index is 11.7. The van der Waals surface area contributed by atoms with Crippen LogP contribution in [0.25, 0.3) is 10.9 Å². The predicted molar refractivity (Wildman–Crippen MR) is 125 cm³/mol. The van der Waals surface area contributed by atoms with Gasteiger partial charge < -0.3 is 29.8 Å². The number of hydroxylamine groups is 1. The molecule has 0 radical (unpaired) electrons. The number of anilines is 2. The number of carbonyl (C=O) groups excluding carboxylic acids is 1. The number of nitrogens with zero attached hydrogens (tertiary/aromatic N) is 5. The van der Waals surface area contributed by atoms with Crippen LogP contribution < -0.4 is 15.3 Å². The molecule has 32 heavy (non-hydrogen) atoms. The Morgan fingerprint density at radius 3 is 2.66 bits per heavy atom. The zero-order chi connectivity index (χ0) is 22.7. The molecule has 1 aromatic carbocycles. The second-order valence-corrected chi connectivity index (χ2v) is 8.29. The quantitative estimate of drug-likeness (QED) is 0.445. The molecular weight excluding hydrogens is 408 g/mol. The summed E-state index contributed by atoms with van der Waals surface area (Å²) >= 11 is 0. The van der Waals surface area contributed by atoms with Gasteiger partial charge in [0.15, 0.2) is 0 Å². The number of hydrogen-bond donors (Lipinski definition) is 1. The van der Waals surface area contributed by atoms with Crippen molar-refractivity contribution in [1.82, 2.24) is 19.9 Å². The molecule has 1 aliphatic heterocycles. The molecule has 1 saturated heterocycles. The number of benzene rings is 1. The first-order valence-corrected chi connectivity index (χ1v) is 10.8. The molecule has 2 aromatic heterocycles. The van der Waals surface area contributed by atoms with Crippen LogP contribution in [0.5, 0.6) is 0 Å². The Balaban J connectivity index is 1.29. The standard InChI is InChI=1S/C23H29N6O3/c1-27-15-18(20-10-19(28(2)31)4-5-21(20)27)12-24-11-16-6-8-29(9-7-16)23-25-13-17(14-26-23)22(30)32-3/h4-5,10,13-16,24H,6-9,11-12H2,1-3H3/q-1. The Bertz CT molecular complexity index is 1070. The van der Waals surface area contributed by atoms with Crippen LogP contribution in [0.2, 0.25) is 0 Å². The lowest BCUT2D eigenvalue weighted by Crippen LogP contribution is -2.38. The zero-order valence-electron chi connectivity index (χ0n) is 18.7. The lowest BCUT2D eigenvalue weighted by Gasteiger charge is -2.32. The average Bonchev–Trinajstić information content (AvgIpc) is 3.14. The minimum atomic E-state index is -0.427. The minimum Gasteiger partial charge on any atom is -0.758 e. The van der Waals surface area contributed by atoms with Gasteiger partial charge >= 0.3 is 5.97 Å². The number of aryl methyl sites for hydroxylation is 1. The van der Waals surface area contributed by atoms with Crippen LogP contribution in [0.1, 0.15) is 28.8 Å². The van der Waals surface area contributed by atoms with Gasteiger partial charge in [-0.3, -0.25) is 0 Å². The number of esters is 1. The third-order valence-corrected chi connectivity index (χ3v) is 6.12. The highest BCUT2D eigenvalue weighted by Crippen LogP contribution is 2.26. The van der Waals surface area contributed by atoms with Gasteiger partial charge in [-0.1, -0.05) is 0 Å². The summed E-state index contributed by atoms with van der Waals surface area (Å²) in [6.07, 6.45) is 7.26. The summed E-state index contributed by atoms with van der Waals surface area (Å²) in [6.45, 7) is 3.48. The van der Waals surface area contributed by atoms with Gasteiger partial charge in [-0.15, -0.1) is 0 Å². The molecule has 0 bridgehead atoms. The van der Waals surface area contributed by atoms with Crippen molar-refractivity contribution in [2.75, 3.05) is 43.8 Å². The normalized spacial score (nSPS) is 14.7. The minimum absolute atomic E-state index is 0.359. The molecule has 1 aliphatic rings. The van der Waals surface area contributed by atoms with Gasteiger partial charge in [-0.2, -0.15) is 0 Å². The van der Waals surface area contributed by atoms with Crippen LogP contribution in [-0.4, -0.2) is 54.3 Å². The first kappa shape index (κ1) is 22.0. The second-order valence-electron chi connectivity index (χ2n) is 8.29. The van der Waals surface area contributed by atoms with Crippen LogP contribution in [0.3, 0.4) is 0 Å². The van der Waals surface area contributed by atoms with E-state index >= 15 is 0 Å². The van der Waals surface area contributed by atoms with Crippen LogP contribution in [0.15, 0.2) is 36.8 Å². The molecule has 3 aromatic rings. The number of rotatable bonds is 7. The van der Waals surface area contributed by atoms with Crippen molar-refractivity contribution in [2.24, 2.45) is 13.0 Å². The monoisotopic (exact) mass is 437 g/mol. The lowest BCUT2D eigenvalue weighted by atomic mass is 9.97. The van der Waals surface area contributed by atoms with Gasteiger partial charge in [0.2, 0.25) is 5.95 Å². The van der Waals surface area contributed by atoms with E-state index in [2.05, 4.69) is 35.7 Å². The van der Waals surface area contributed by atoms with Crippen molar-refractivity contribution in [3.05, 3.63) is 53.1 Å². The first-order valence-electron chi connectivity index (χ1n) is 10.8. The Hall–Kier alpha value is -3.17. The Kier molecular flexibility index (Phi) is 6.57. The smallest absolute Gasteiger partial charge is 0.341 e. The predicted octanol–water partition coefficient (Wildman–Crippen LogP) is 2.70. The van der Waals surface area contributed by atoms with E-state index in [0.29, 0.717) is 23.1 Å². The highest BCUT2D eigenvalue weighted by Gasteiger charge is 2.21. The Morgan fingerprint density at radius 1 is 1.28 bits per heavy atom. The summed E-state index contributed by atoms with van der Waals surface area (Å²) in [5.74, 6) is 0.807. The lowest BCUT2D eigenvalue weighted by molar-refractivity contribution is 0.0600. The molecule has 0 unspecified atom stereocenters. The van der Waals surface area contributed by atoms with Crippen LogP contribution >= 0.6 is 0 Å². The zero-order valence-corrected chi connectivity index (χ0v) is 18.7. The van der Waals surface area contributed by atoms with Crippen molar-refractivity contribution in [2.45, 2.75) is 19.4 Å². The molecule has 4 rings (SSSR count). The van der Waals surface area contributed by atoms with E-state index < -0.39 is 5.97 Å². The van der Waals surface area contributed by atoms with E-state index in [1.807, 2.05) is 25.2 Å². The van der Waals surface area contributed by atoms with Crippen LogP contribution in [-0.2, 0) is 18.3 Å². The van der Waals surface area contributed by atoms with E-state index in [1.165, 1.54) is 32.1 Å². The fourth-order valence-corrected chi connectivity index (χ4v) is 4.25. The summed E-state index contributed by atoms with van der Waals surface area (Å²) in [5.41, 5.74) is 3.35. The second kappa shape index (κ2) is 9.54. The molecule has 9 heteroatoms. The number of piperidine rings is 1. The molecule has 170 valence electrons. The number of aromatic nitrogens is 3. The largest absolute Gasteiger partial charge is 0.758 e. The van der Waals surface area contributed by atoms with Gasteiger partial charge in [0.25, 0.3) is 0 Å². The van der Waals surface area contributed by atoms with Gasteiger partial charge in [-0.05, 0) is 56.1 Å². The fourth-order valence-electron chi connectivity index (χ4n) is 4.25. The molecule has 9 nitrogen and oxygen atoms in total. The molecule has 3 heterocycles. The summed E-state index contributed by atoms with van der Waals surface area (Å²) in [5, 5.41) is 17.3.